The summed E-state index contributed by atoms with van der Waals surface area (Å²) in [4.78, 5) is 24.0. The third kappa shape index (κ3) is 6.72. The lowest BCUT2D eigenvalue weighted by Crippen LogP contribution is -2.38. The van der Waals surface area contributed by atoms with Gasteiger partial charge in [-0.05, 0) is 31.4 Å². The van der Waals surface area contributed by atoms with Gasteiger partial charge in [-0.1, -0.05) is 45.2 Å². The number of ether oxygens (including phenoxy) is 1. The quantitative estimate of drug-likeness (QED) is 0.686. The van der Waals surface area contributed by atoms with Crippen molar-refractivity contribution in [3.05, 3.63) is 24.3 Å². The molecule has 0 fully saturated rings. The van der Waals surface area contributed by atoms with Crippen LogP contribution < -0.4 is 15.4 Å². The number of benzene rings is 1. The number of nitrogens with one attached hydrogen (secondary N) is 2. The molecule has 2 N–H and O–H groups in total. The lowest BCUT2D eigenvalue weighted by Gasteiger charge is -2.15. The van der Waals surface area contributed by atoms with E-state index in [4.69, 9.17) is 4.74 Å². The number of anilines is 1. The molecule has 2 amide bonds. The number of carbonyl (C=O) groups excluding carboxylic acids is 2. The van der Waals surface area contributed by atoms with Crippen molar-refractivity contribution in [1.82, 2.24) is 5.32 Å². The molecule has 1 rings (SSSR count). The van der Waals surface area contributed by atoms with E-state index < -0.39 is 11.8 Å². The molecule has 23 heavy (non-hydrogen) atoms. The molecule has 1 aromatic carbocycles. The normalized spacial score (nSPS) is 11.6. The van der Waals surface area contributed by atoms with Crippen LogP contribution in [0, 0.1) is 5.92 Å². The molecule has 5 heteroatoms. The van der Waals surface area contributed by atoms with E-state index >= 15 is 0 Å². The van der Waals surface area contributed by atoms with Gasteiger partial charge in [-0.15, -0.1) is 0 Å². The van der Waals surface area contributed by atoms with E-state index in [2.05, 4.69) is 24.5 Å². The zero-order chi connectivity index (χ0) is 17.1. The van der Waals surface area contributed by atoms with Gasteiger partial charge in [-0.25, -0.2) is 0 Å². The van der Waals surface area contributed by atoms with Crippen LogP contribution >= 0.6 is 0 Å². The highest BCUT2D eigenvalue weighted by Crippen LogP contribution is 2.23. The Kier molecular flexibility index (Phi) is 8.80. The SMILES string of the molecule is CCCC[C@H](CC)CNC(=O)C(=O)Nc1ccccc1OCC. The van der Waals surface area contributed by atoms with Gasteiger partial charge in [0.05, 0.1) is 12.3 Å². The monoisotopic (exact) mass is 320 g/mol. The Bertz CT molecular complexity index is 503. The number of amides is 2. The van der Waals surface area contributed by atoms with Crippen LogP contribution in [0.25, 0.3) is 0 Å². The molecular formula is C18H28N2O3. The third-order valence-electron chi connectivity index (χ3n) is 3.74. The molecule has 0 saturated carbocycles. The van der Waals surface area contributed by atoms with Crippen LogP contribution in [0.15, 0.2) is 24.3 Å². The Morgan fingerprint density at radius 3 is 2.52 bits per heavy atom. The summed E-state index contributed by atoms with van der Waals surface area (Å²) >= 11 is 0. The lowest BCUT2D eigenvalue weighted by atomic mass is 9.99. The molecule has 0 unspecified atom stereocenters. The van der Waals surface area contributed by atoms with Gasteiger partial charge in [-0.2, -0.15) is 0 Å². The number of unbranched alkanes of at least 4 members (excludes halogenated alkanes) is 1. The fourth-order valence-electron chi connectivity index (χ4n) is 2.29. The second kappa shape index (κ2) is 10.6. The molecule has 0 bridgehead atoms. The Hall–Kier alpha value is -2.04. The van der Waals surface area contributed by atoms with Gasteiger partial charge in [0.15, 0.2) is 0 Å². The average molecular weight is 320 g/mol. The largest absolute Gasteiger partial charge is 0.492 e. The van der Waals surface area contributed by atoms with Gasteiger partial charge in [0, 0.05) is 6.54 Å². The predicted molar refractivity (Wildman–Crippen MR) is 92.6 cm³/mol. The number of hydrogen-bond donors (Lipinski definition) is 2. The average Bonchev–Trinajstić information content (AvgIpc) is 2.56. The first kappa shape index (κ1) is 19.0. The Morgan fingerprint density at radius 2 is 1.87 bits per heavy atom. The minimum Gasteiger partial charge on any atom is -0.492 e. The lowest BCUT2D eigenvalue weighted by molar-refractivity contribution is -0.136. The van der Waals surface area contributed by atoms with Crippen LogP contribution in [-0.2, 0) is 9.59 Å². The van der Waals surface area contributed by atoms with Crippen molar-refractivity contribution in [2.45, 2.75) is 46.5 Å². The maximum absolute atomic E-state index is 12.0. The molecular weight excluding hydrogens is 292 g/mol. The highest BCUT2D eigenvalue weighted by Gasteiger charge is 2.17. The topological polar surface area (TPSA) is 67.4 Å². The summed E-state index contributed by atoms with van der Waals surface area (Å²) in [5.74, 6) is -0.290. The molecule has 128 valence electrons. The van der Waals surface area contributed by atoms with Crippen molar-refractivity contribution in [1.29, 1.82) is 0 Å². The van der Waals surface area contributed by atoms with Crippen molar-refractivity contribution >= 4 is 17.5 Å². The fourth-order valence-corrected chi connectivity index (χ4v) is 2.29. The third-order valence-corrected chi connectivity index (χ3v) is 3.74. The van der Waals surface area contributed by atoms with Crippen LogP contribution in [0.2, 0.25) is 0 Å². The maximum Gasteiger partial charge on any atom is 0.313 e. The zero-order valence-corrected chi connectivity index (χ0v) is 14.4. The Balaban J connectivity index is 2.52. The van der Waals surface area contributed by atoms with Gasteiger partial charge in [0.2, 0.25) is 0 Å². The van der Waals surface area contributed by atoms with Crippen LogP contribution in [-0.4, -0.2) is 25.0 Å². The van der Waals surface area contributed by atoms with Crippen molar-refractivity contribution in [2.75, 3.05) is 18.5 Å². The number of rotatable bonds is 9. The van der Waals surface area contributed by atoms with Crippen LogP contribution in [0.1, 0.15) is 46.5 Å². The number of carbonyl (C=O) groups is 2. The van der Waals surface area contributed by atoms with E-state index in [-0.39, 0.29) is 0 Å². The molecule has 1 atom stereocenters. The van der Waals surface area contributed by atoms with Gasteiger partial charge < -0.3 is 15.4 Å². The smallest absolute Gasteiger partial charge is 0.313 e. The van der Waals surface area contributed by atoms with Crippen molar-refractivity contribution in [3.63, 3.8) is 0 Å². The fraction of sp³-hybridized carbons (Fsp3) is 0.556. The standard InChI is InChI=1S/C18H28N2O3/c1-4-7-10-14(5-2)13-19-17(21)18(22)20-15-11-8-9-12-16(15)23-6-3/h8-9,11-12,14H,4-7,10,13H2,1-3H3,(H,19,21)(H,20,22)/t14-/m0/s1. The van der Waals surface area contributed by atoms with Gasteiger partial charge in [0.25, 0.3) is 0 Å². The molecule has 0 aromatic heterocycles. The van der Waals surface area contributed by atoms with E-state index in [1.165, 1.54) is 0 Å². The summed E-state index contributed by atoms with van der Waals surface area (Å²) in [6.07, 6.45) is 4.35. The first-order chi connectivity index (χ1) is 11.1. The van der Waals surface area contributed by atoms with Crippen molar-refractivity contribution < 1.29 is 14.3 Å². The van der Waals surface area contributed by atoms with Crippen LogP contribution in [0.5, 0.6) is 5.75 Å². The van der Waals surface area contributed by atoms with Crippen LogP contribution in [0.3, 0.4) is 0 Å². The zero-order valence-electron chi connectivity index (χ0n) is 14.4. The summed E-state index contributed by atoms with van der Waals surface area (Å²) in [5.41, 5.74) is 0.507. The first-order valence-corrected chi connectivity index (χ1v) is 8.43. The summed E-state index contributed by atoms with van der Waals surface area (Å²) in [7, 11) is 0. The summed E-state index contributed by atoms with van der Waals surface area (Å²) in [6.45, 7) is 7.15. The van der Waals surface area contributed by atoms with Gasteiger partial charge >= 0.3 is 11.8 Å². The molecule has 1 aromatic rings. The highest BCUT2D eigenvalue weighted by molar-refractivity contribution is 6.39. The molecule has 0 aliphatic heterocycles. The molecule has 5 nitrogen and oxygen atoms in total. The first-order valence-electron chi connectivity index (χ1n) is 8.43. The summed E-state index contributed by atoms with van der Waals surface area (Å²) in [6, 6.07) is 7.08. The number of hydrogen-bond acceptors (Lipinski definition) is 3. The van der Waals surface area contributed by atoms with Gasteiger partial charge in [-0.3, -0.25) is 9.59 Å². The molecule has 0 aliphatic rings. The minimum absolute atomic E-state index is 0.419. The summed E-state index contributed by atoms with van der Waals surface area (Å²) < 4.78 is 5.43. The Labute approximate surface area is 138 Å². The van der Waals surface area contributed by atoms with E-state index in [1.807, 2.05) is 13.0 Å². The molecule has 0 saturated heterocycles. The predicted octanol–water partition coefficient (Wildman–Crippen LogP) is 3.36. The van der Waals surface area contributed by atoms with E-state index in [1.54, 1.807) is 18.2 Å². The molecule has 0 spiro atoms. The summed E-state index contributed by atoms with van der Waals surface area (Å²) in [5, 5.41) is 5.33. The second-order valence-electron chi connectivity index (χ2n) is 5.51. The van der Waals surface area contributed by atoms with E-state index in [0.29, 0.717) is 30.5 Å². The molecule has 0 radical (unpaired) electrons. The number of para-hydroxylation sites is 2. The maximum atomic E-state index is 12.0. The van der Waals surface area contributed by atoms with E-state index in [0.717, 1.165) is 25.7 Å². The van der Waals surface area contributed by atoms with E-state index in [9.17, 15) is 9.59 Å². The second-order valence-corrected chi connectivity index (χ2v) is 5.51. The molecule has 0 aliphatic carbocycles. The Morgan fingerprint density at radius 1 is 1.13 bits per heavy atom. The minimum atomic E-state index is -0.664. The van der Waals surface area contributed by atoms with Crippen molar-refractivity contribution in [2.24, 2.45) is 5.92 Å². The van der Waals surface area contributed by atoms with Crippen molar-refractivity contribution in [3.8, 4) is 5.75 Å². The molecule has 0 heterocycles. The highest BCUT2D eigenvalue weighted by atomic mass is 16.5. The van der Waals surface area contributed by atoms with Crippen LogP contribution in [0.4, 0.5) is 5.69 Å². The van der Waals surface area contributed by atoms with Gasteiger partial charge in [0.1, 0.15) is 5.75 Å².